The fourth-order valence-corrected chi connectivity index (χ4v) is 2.56. The maximum Gasteiger partial charge on any atom is 0.330 e. The lowest BCUT2D eigenvalue weighted by atomic mass is 10.1. The highest BCUT2D eigenvalue weighted by Crippen LogP contribution is 2.21. The average molecular weight is 364 g/mol. The van der Waals surface area contributed by atoms with Gasteiger partial charge in [-0.1, -0.05) is 30.3 Å². The highest BCUT2D eigenvalue weighted by atomic mass is 19.1. The van der Waals surface area contributed by atoms with Crippen LogP contribution in [0.25, 0.3) is 16.8 Å². The zero-order valence-electron chi connectivity index (χ0n) is 14.5. The Kier molecular flexibility index (Phi) is 5.47. The van der Waals surface area contributed by atoms with Gasteiger partial charge in [0.05, 0.1) is 7.11 Å². The predicted octanol–water partition coefficient (Wildman–Crippen LogP) is 4.81. The molecule has 0 radical (unpaired) electrons. The van der Waals surface area contributed by atoms with Gasteiger partial charge in [0.1, 0.15) is 5.82 Å². The Morgan fingerprint density at radius 1 is 0.963 bits per heavy atom. The minimum atomic E-state index is -0.484. The molecule has 0 unspecified atom stereocenters. The molecule has 0 saturated carbocycles. The molecule has 0 aliphatic carbocycles. The third-order valence-corrected chi connectivity index (χ3v) is 3.87. The minimum absolute atomic E-state index is 0.308. The Morgan fingerprint density at radius 2 is 1.70 bits per heavy atom. The van der Waals surface area contributed by atoms with E-state index in [1.54, 1.807) is 54.6 Å². The number of benzene rings is 3. The summed E-state index contributed by atoms with van der Waals surface area (Å²) in [6.07, 6.45) is 2.84. The first-order valence-corrected chi connectivity index (χ1v) is 8.17. The van der Waals surface area contributed by atoms with E-state index in [4.69, 9.17) is 0 Å². The first-order valence-electron chi connectivity index (χ1n) is 8.17. The summed E-state index contributed by atoms with van der Waals surface area (Å²) in [5.74, 6) is -0.792. The van der Waals surface area contributed by atoms with E-state index >= 15 is 0 Å². The van der Waals surface area contributed by atoms with E-state index in [-0.39, 0.29) is 5.82 Å². The molecule has 2 amide bonds. The molecule has 27 heavy (non-hydrogen) atoms. The van der Waals surface area contributed by atoms with Crippen LogP contribution in [-0.2, 0) is 9.53 Å². The zero-order chi connectivity index (χ0) is 19.2. The van der Waals surface area contributed by atoms with Gasteiger partial charge in [-0.15, -0.1) is 0 Å². The van der Waals surface area contributed by atoms with Gasteiger partial charge in [0.15, 0.2) is 0 Å². The molecular formula is C21H17FN2O3. The smallest absolute Gasteiger partial charge is 0.330 e. The van der Waals surface area contributed by atoms with Crippen molar-refractivity contribution in [2.45, 2.75) is 0 Å². The van der Waals surface area contributed by atoms with Crippen LogP contribution in [-0.4, -0.2) is 19.1 Å². The quantitative estimate of drug-likeness (QED) is 0.516. The van der Waals surface area contributed by atoms with Crippen molar-refractivity contribution in [1.29, 1.82) is 0 Å². The molecule has 0 aliphatic rings. The molecule has 0 bridgehead atoms. The largest absolute Gasteiger partial charge is 0.466 e. The molecule has 0 spiro atoms. The Hall–Kier alpha value is -3.67. The molecule has 5 nitrogen and oxygen atoms in total. The van der Waals surface area contributed by atoms with Crippen LogP contribution in [0.3, 0.4) is 0 Å². The normalized spacial score (nSPS) is 10.7. The molecule has 0 atom stereocenters. The average Bonchev–Trinajstić information content (AvgIpc) is 2.67. The van der Waals surface area contributed by atoms with Crippen LogP contribution >= 0.6 is 0 Å². The van der Waals surface area contributed by atoms with Crippen LogP contribution in [0.4, 0.5) is 20.6 Å². The number of hydrogen-bond acceptors (Lipinski definition) is 3. The highest BCUT2D eigenvalue weighted by Gasteiger charge is 2.07. The third kappa shape index (κ3) is 4.70. The van der Waals surface area contributed by atoms with Gasteiger partial charge in [0.2, 0.25) is 0 Å². The van der Waals surface area contributed by atoms with E-state index in [2.05, 4.69) is 15.4 Å². The van der Waals surface area contributed by atoms with Gasteiger partial charge >= 0.3 is 12.0 Å². The second kappa shape index (κ2) is 8.14. The summed E-state index contributed by atoms with van der Waals surface area (Å²) in [4.78, 5) is 23.6. The maximum atomic E-state index is 13.2. The number of para-hydroxylation sites is 1. The summed E-state index contributed by atoms with van der Waals surface area (Å²) < 4.78 is 17.8. The van der Waals surface area contributed by atoms with Crippen molar-refractivity contribution >= 4 is 40.2 Å². The van der Waals surface area contributed by atoms with Crippen LogP contribution in [0.1, 0.15) is 5.56 Å². The predicted molar refractivity (Wildman–Crippen MR) is 104 cm³/mol. The van der Waals surface area contributed by atoms with Crippen LogP contribution < -0.4 is 10.6 Å². The number of nitrogens with one attached hydrogen (secondary N) is 2. The second-order valence-electron chi connectivity index (χ2n) is 5.73. The summed E-state index contributed by atoms with van der Waals surface area (Å²) in [6.45, 7) is 0. The lowest BCUT2D eigenvalue weighted by Gasteiger charge is -2.10. The number of methoxy groups -OCH3 is 1. The summed E-state index contributed by atoms with van der Waals surface area (Å²) in [7, 11) is 1.29. The highest BCUT2D eigenvalue weighted by molar-refractivity contribution is 6.02. The van der Waals surface area contributed by atoms with Gasteiger partial charge in [-0.05, 0) is 52.7 Å². The van der Waals surface area contributed by atoms with Crippen molar-refractivity contribution in [3.8, 4) is 0 Å². The topological polar surface area (TPSA) is 67.4 Å². The molecule has 0 heterocycles. The lowest BCUT2D eigenvalue weighted by molar-refractivity contribution is -0.134. The van der Waals surface area contributed by atoms with Crippen molar-refractivity contribution in [2.24, 2.45) is 0 Å². The number of amides is 2. The van der Waals surface area contributed by atoms with Gasteiger partial charge < -0.3 is 15.4 Å². The van der Waals surface area contributed by atoms with Crippen molar-refractivity contribution in [1.82, 2.24) is 0 Å². The van der Waals surface area contributed by atoms with Crippen molar-refractivity contribution < 1.29 is 18.7 Å². The minimum Gasteiger partial charge on any atom is -0.466 e. The van der Waals surface area contributed by atoms with Gasteiger partial charge in [-0.2, -0.15) is 0 Å². The van der Waals surface area contributed by atoms with E-state index in [0.717, 1.165) is 10.8 Å². The number of fused-ring (bicyclic) bond motifs is 1. The molecule has 3 rings (SSSR count). The number of esters is 1. The van der Waals surface area contributed by atoms with Crippen LogP contribution in [0.5, 0.6) is 0 Å². The van der Waals surface area contributed by atoms with E-state index in [9.17, 15) is 14.0 Å². The fourth-order valence-electron chi connectivity index (χ4n) is 2.56. The van der Waals surface area contributed by atoms with Crippen molar-refractivity contribution in [3.63, 3.8) is 0 Å². The van der Waals surface area contributed by atoms with Crippen molar-refractivity contribution in [3.05, 3.63) is 78.1 Å². The Labute approximate surface area is 155 Å². The van der Waals surface area contributed by atoms with Crippen LogP contribution in [0.2, 0.25) is 0 Å². The molecule has 2 N–H and O–H groups in total. The third-order valence-electron chi connectivity index (χ3n) is 3.87. The van der Waals surface area contributed by atoms with Gasteiger partial charge in [0, 0.05) is 17.5 Å². The SMILES string of the molecule is COC(=O)C=Cc1ccccc1NC(=O)Nc1ccc2cc(F)ccc2c1. The molecule has 0 saturated heterocycles. The van der Waals surface area contributed by atoms with E-state index in [1.807, 2.05) is 0 Å². The number of halogens is 1. The number of rotatable bonds is 4. The number of anilines is 2. The summed E-state index contributed by atoms with van der Waals surface area (Å²) in [5.41, 5.74) is 1.78. The Bertz CT molecular complexity index is 1030. The number of carbonyl (C=O) groups is 2. The number of carbonyl (C=O) groups excluding carboxylic acids is 2. The van der Waals surface area contributed by atoms with E-state index < -0.39 is 12.0 Å². The lowest BCUT2D eigenvalue weighted by Crippen LogP contribution is -2.19. The van der Waals surface area contributed by atoms with Crippen LogP contribution in [0, 0.1) is 5.82 Å². The maximum absolute atomic E-state index is 13.2. The van der Waals surface area contributed by atoms with E-state index in [1.165, 1.54) is 25.3 Å². The standard InChI is InChI=1S/C21H17FN2O3/c1-27-20(25)11-8-14-4-2-3-5-19(14)24-21(26)23-18-10-7-15-12-17(22)9-6-16(15)13-18/h2-13H,1H3,(H2,23,24,26). The molecule has 0 aromatic heterocycles. The molecule has 0 fully saturated rings. The first kappa shape index (κ1) is 18.1. The monoisotopic (exact) mass is 364 g/mol. The van der Waals surface area contributed by atoms with Crippen molar-refractivity contribution in [2.75, 3.05) is 17.7 Å². The summed E-state index contributed by atoms with van der Waals surface area (Å²) >= 11 is 0. The second-order valence-corrected chi connectivity index (χ2v) is 5.73. The van der Waals surface area contributed by atoms with Gasteiger partial charge in [-0.3, -0.25) is 0 Å². The van der Waals surface area contributed by atoms with Gasteiger partial charge in [-0.25, -0.2) is 14.0 Å². The van der Waals surface area contributed by atoms with Crippen LogP contribution in [0.15, 0.2) is 66.7 Å². The Balaban J connectivity index is 1.74. The summed E-state index contributed by atoms with van der Waals surface area (Å²) in [6, 6.07) is 16.3. The molecule has 0 aliphatic heterocycles. The molecule has 3 aromatic rings. The zero-order valence-corrected chi connectivity index (χ0v) is 14.5. The first-order chi connectivity index (χ1) is 13.0. The number of ether oxygens (including phenoxy) is 1. The molecule has 3 aromatic carbocycles. The molecule has 6 heteroatoms. The van der Waals surface area contributed by atoms with E-state index in [0.29, 0.717) is 16.9 Å². The molecular weight excluding hydrogens is 347 g/mol. The number of hydrogen-bond donors (Lipinski definition) is 2. The van der Waals surface area contributed by atoms with Gasteiger partial charge in [0.25, 0.3) is 0 Å². The Morgan fingerprint density at radius 3 is 2.52 bits per heavy atom. The summed E-state index contributed by atoms with van der Waals surface area (Å²) in [5, 5.41) is 7.05. The fraction of sp³-hybridized carbons (Fsp3) is 0.0476. The molecule has 136 valence electrons. The number of urea groups is 1.